The predicted octanol–water partition coefficient (Wildman–Crippen LogP) is 3.03. The van der Waals surface area contributed by atoms with Crippen LogP contribution in [0.1, 0.15) is 11.3 Å². The van der Waals surface area contributed by atoms with E-state index in [1.165, 1.54) is 11.3 Å². The predicted molar refractivity (Wildman–Crippen MR) is 103 cm³/mol. The lowest BCUT2D eigenvalue weighted by atomic mass is 10.2. The van der Waals surface area contributed by atoms with Gasteiger partial charge < -0.3 is 5.32 Å². The van der Waals surface area contributed by atoms with E-state index in [0.717, 1.165) is 16.3 Å². The molecule has 0 spiro atoms. The molecule has 134 valence electrons. The van der Waals surface area contributed by atoms with Gasteiger partial charge in [-0.1, -0.05) is 41.6 Å². The zero-order valence-corrected chi connectivity index (χ0v) is 15.1. The summed E-state index contributed by atoms with van der Waals surface area (Å²) in [7, 11) is 0. The van der Waals surface area contributed by atoms with Crippen molar-refractivity contribution < 1.29 is 4.79 Å². The fourth-order valence-electron chi connectivity index (χ4n) is 2.55. The van der Waals surface area contributed by atoms with Crippen molar-refractivity contribution in [3.05, 3.63) is 77.6 Å². The van der Waals surface area contributed by atoms with Gasteiger partial charge in [-0.3, -0.25) is 9.78 Å². The van der Waals surface area contributed by atoms with Crippen LogP contribution >= 0.6 is 11.3 Å². The second kappa shape index (κ2) is 7.88. The van der Waals surface area contributed by atoms with E-state index in [4.69, 9.17) is 0 Å². The van der Waals surface area contributed by atoms with Gasteiger partial charge in [0.05, 0.1) is 30.6 Å². The lowest BCUT2D eigenvalue weighted by Gasteiger charge is -2.00. The van der Waals surface area contributed by atoms with Crippen molar-refractivity contribution in [2.75, 3.05) is 5.32 Å². The lowest BCUT2D eigenvalue weighted by molar-refractivity contribution is -0.115. The van der Waals surface area contributed by atoms with E-state index in [1.54, 1.807) is 17.1 Å². The summed E-state index contributed by atoms with van der Waals surface area (Å²) in [5.41, 5.74) is 2.62. The maximum atomic E-state index is 12.3. The Morgan fingerprint density at radius 1 is 1.11 bits per heavy atom. The number of nitrogens with zero attached hydrogens (tertiary/aromatic N) is 5. The molecule has 3 aromatic heterocycles. The first kappa shape index (κ1) is 17.0. The van der Waals surface area contributed by atoms with E-state index in [-0.39, 0.29) is 12.3 Å². The minimum atomic E-state index is -0.181. The summed E-state index contributed by atoms with van der Waals surface area (Å²) in [6.45, 7) is 0.600. The molecule has 0 aliphatic carbocycles. The summed E-state index contributed by atoms with van der Waals surface area (Å²) in [5, 5.41) is 13.5. The number of carbonyl (C=O) groups is 1. The fraction of sp³-hybridized carbons (Fsp3) is 0.105. The second-order valence-corrected chi connectivity index (χ2v) is 6.73. The van der Waals surface area contributed by atoms with Gasteiger partial charge in [0.2, 0.25) is 5.91 Å². The van der Waals surface area contributed by atoms with E-state index in [2.05, 4.69) is 25.6 Å². The summed E-state index contributed by atoms with van der Waals surface area (Å²) >= 11 is 1.47. The van der Waals surface area contributed by atoms with Gasteiger partial charge in [0.25, 0.3) is 0 Å². The summed E-state index contributed by atoms with van der Waals surface area (Å²) in [6, 6.07) is 15.6. The van der Waals surface area contributed by atoms with Crippen molar-refractivity contribution >= 4 is 23.1 Å². The van der Waals surface area contributed by atoms with Crippen molar-refractivity contribution in [1.29, 1.82) is 0 Å². The molecule has 0 radical (unpaired) electrons. The molecule has 0 atom stereocenters. The normalized spacial score (nSPS) is 10.7. The summed E-state index contributed by atoms with van der Waals surface area (Å²) in [4.78, 5) is 21.0. The molecule has 0 saturated carbocycles. The third-order valence-corrected chi connectivity index (χ3v) is 4.68. The van der Waals surface area contributed by atoms with Crippen molar-refractivity contribution in [3.63, 3.8) is 0 Å². The van der Waals surface area contributed by atoms with Gasteiger partial charge in [0.15, 0.2) is 5.82 Å². The molecule has 1 aromatic carbocycles. The van der Waals surface area contributed by atoms with Crippen LogP contribution < -0.4 is 5.32 Å². The monoisotopic (exact) mass is 376 g/mol. The van der Waals surface area contributed by atoms with Gasteiger partial charge in [-0.25, -0.2) is 9.67 Å². The standard InChI is InChI=1S/C19H16N6OS/c26-18(10-15-13-27-19(21-15)16-8-4-5-9-20-16)22-17-12-25(24-23-17)11-14-6-2-1-3-7-14/h1-9,12-13H,10-11H2,(H,22,26). The molecule has 0 bridgehead atoms. The first-order valence-corrected chi connectivity index (χ1v) is 9.24. The van der Waals surface area contributed by atoms with Crippen LogP contribution in [0, 0.1) is 0 Å². The van der Waals surface area contributed by atoms with E-state index < -0.39 is 0 Å². The molecule has 1 amide bonds. The van der Waals surface area contributed by atoms with Gasteiger partial charge in [-0.2, -0.15) is 0 Å². The number of amides is 1. The number of rotatable bonds is 6. The van der Waals surface area contributed by atoms with Gasteiger partial charge >= 0.3 is 0 Å². The van der Waals surface area contributed by atoms with E-state index >= 15 is 0 Å². The van der Waals surface area contributed by atoms with Crippen LogP contribution in [-0.4, -0.2) is 30.9 Å². The highest BCUT2D eigenvalue weighted by atomic mass is 32.1. The summed E-state index contributed by atoms with van der Waals surface area (Å²) in [6.07, 6.45) is 3.61. The molecule has 0 unspecified atom stereocenters. The topological polar surface area (TPSA) is 85.6 Å². The van der Waals surface area contributed by atoms with Gasteiger partial charge in [-0.15, -0.1) is 16.4 Å². The number of anilines is 1. The minimum Gasteiger partial charge on any atom is -0.308 e. The van der Waals surface area contributed by atoms with E-state index in [9.17, 15) is 4.79 Å². The number of pyridine rings is 1. The quantitative estimate of drug-likeness (QED) is 0.559. The Bertz CT molecular complexity index is 1030. The van der Waals surface area contributed by atoms with E-state index in [1.807, 2.05) is 53.9 Å². The first-order chi connectivity index (χ1) is 13.3. The number of carbonyl (C=O) groups excluding carboxylic acids is 1. The van der Waals surface area contributed by atoms with E-state index in [0.29, 0.717) is 18.1 Å². The van der Waals surface area contributed by atoms with Gasteiger partial charge in [-0.05, 0) is 17.7 Å². The fourth-order valence-corrected chi connectivity index (χ4v) is 3.35. The van der Waals surface area contributed by atoms with Crippen LogP contribution in [0.5, 0.6) is 0 Å². The molecular formula is C19H16N6OS. The number of thiazole rings is 1. The number of hydrogen-bond donors (Lipinski definition) is 1. The molecule has 3 heterocycles. The SMILES string of the molecule is O=C(Cc1csc(-c2ccccn2)n1)Nc1cn(Cc2ccccc2)nn1. The zero-order chi connectivity index (χ0) is 18.5. The Balaban J connectivity index is 1.35. The minimum absolute atomic E-state index is 0.175. The molecule has 0 aliphatic heterocycles. The largest absolute Gasteiger partial charge is 0.308 e. The molecule has 1 N–H and O–H groups in total. The Morgan fingerprint density at radius 3 is 2.78 bits per heavy atom. The van der Waals surface area contributed by atoms with Crippen molar-refractivity contribution in [2.24, 2.45) is 0 Å². The third-order valence-electron chi connectivity index (χ3n) is 3.77. The highest BCUT2D eigenvalue weighted by Crippen LogP contribution is 2.21. The van der Waals surface area contributed by atoms with Gasteiger partial charge in [0, 0.05) is 11.6 Å². The molecule has 0 fully saturated rings. The van der Waals surface area contributed by atoms with Crippen LogP contribution in [0.15, 0.2) is 66.3 Å². The highest BCUT2D eigenvalue weighted by molar-refractivity contribution is 7.13. The summed E-state index contributed by atoms with van der Waals surface area (Å²) < 4.78 is 1.69. The maximum Gasteiger partial charge on any atom is 0.231 e. The van der Waals surface area contributed by atoms with Crippen LogP contribution in [-0.2, 0) is 17.8 Å². The maximum absolute atomic E-state index is 12.3. The Labute approximate surface area is 159 Å². The number of aromatic nitrogens is 5. The highest BCUT2D eigenvalue weighted by Gasteiger charge is 2.11. The summed E-state index contributed by atoms with van der Waals surface area (Å²) in [5.74, 6) is 0.246. The molecular weight excluding hydrogens is 360 g/mol. The zero-order valence-electron chi connectivity index (χ0n) is 14.3. The van der Waals surface area contributed by atoms with Crippen molar-refractivity contribution in [2.45, 2.75) is 13.0 Å². The smallest absolute Gasteiger partial charge is 0.231 e. The van der Waals surface area contributed by atoms with Crippen LogP contribution in [0.4, 0.5) is 5.82 Å². The molecule has 0 aliphatic rings. The molecule has 27 heavy (non-hydrogen) atoms. The molecule has 7 nitrogen and oxygen atoms in total. The third kappa shape index (κ3) is 4.42. The van der Waals surface area contributed by atoms with Gasteiger partial charge in [0.1, 0.15) is 5.01 Å². The lowest BCUT2D eigenvalue weighted by Crippen LogP contribution is -2.14. The van der Waals surface area contributed by atoms with Crippen LogP contribution in [0.25, 0.3) is 10.7 Å². The number of hydrogen-bond acceptors (Lipinski definition) is 6. The number of benzene rings is 1. The van der Waals surface area contributed by atoms with Crippen molar-refractivity contribution in [1.82, 2.24) is 25.0 Å². The molecule has 4 rings (SSSR count). The average Bonchev–Trinajstić information content (AvgIpc) is 3.33. The Hall–Kier alpha value is -3.39. The second-order valence-electron chi connectivity index (χ2n) is 5.87. The molecule has 4 aromatic rings. The molecule has 0 saturated heterocycles. The molecule has 8 heteroatoms. The van der Waals surface area contributed by atoms with Crippen LogP contribution in [0.3, 0.4) is 0 Å². The average molecular weight is 376 g/mol. The number of nitrogens with one attached hydrogen (secondary N) is 1. The van der Waals surface area contributed by atoms with Crippen molar-refractivity contribution in [3.8, 4) is 10.7 Å². The van der Waals surface area contributed by atoms with Crippen LogP contribution in [0.2, 0.25) is 0 Å². The first-order valence-electron chi connectivity index (χ1n) is 8.36. The Morgan fingerprint density at radius 2 is 1.96 bits per heavy atom. The Kier molecular flexibility index (Phi) is 4.97.